The van der Waals surface area contributed by atoms with E-state index in [1.54, 1.807) is 0 Å². The minimum Gasteiger partial charge on any atom is -0.357 e. The molecule has 1 heterocycles. The second-order valence-electron chi connectivity index (χ2n) is 6.06. The third-order valence-electron chi connectivity index (χ3n) is 4.30. The number of rotatable bonds is 5. The zero-order chi connectivity index (χ0) is 18.4. The molecule has 0 radical (unpaired) electrons. The molecule has 1 amide bonds. The molecule has 1 aliphatic rings. The summed E-state index contributed by atoms with van der Waals surface area (Å²) in [5.41, 5.74) is 3.18. The first-order chi connectivity index (χ1) is 12.7. The van der Waals surface area contributed by atoms with Crippen molar-refractivity contribution in [2.45, 2.75) is 19.9 Å². The lowest BCUT2D eigenvalue weighted by Crippen LogP contribution is -2.44. The molecular weight excluding hydrogens is 475 g/mol. The Balaban J connectivity index is 0.00000261. The van der Waals surface area contributed by atoms with Crippen LogP contribution >= 0.6 is 35.6 Å². The number of nitrogens with one attached hydrogen (secondary N) is 2. The Hall–Kier alpha value is -1.80. The first kappa shape index (κ1) is 21.5. The molecule has 2 aromatic rings. The zero-order valence-electron chi connectivity index (χ0n) is 15.2. The van der Waals surface area contributed by atoms with Crippen LogP contribution in [0.25, 0.3) is 0 Å². The fourth-order valence-electron chi connectivity index (χ4n) is 2.98. The lowest BCUT2D eigenvalue weighted by atomic mass is 10.2. The number of carbonyl (C=O) groups excluding carboxylic acids is 1. The number of para-hydroxylation sites is 1. The van der Waals surface area contributed by atoms with Crippen LogP contribution in [0.15, 0.2) is 53.5 Å². The van der Waals surface area contributed by atoms with Crippen molar-refractivity contribution in [3.05, 3.63) is 64.7 Å². The van der Waals surface area contributed by atoms with Gasteiger partial charge in [0.25, 0.3) is 0 Å². The Bertz CT molecular complexity index is 812. The molecule has 7 heteroatoms. The van der Waals surface area contributed by atoms with Crippen LogP contribution in [0.3, 0.4) is 0 Å². The maximum Gasteiger partial charge on any atom is 0.246 e. The number of amides is 1. The van der Waals surface area contributed by atoms with E-state index in [1.807, 2.05) is 54.3 Å². The summed E-state index contributed by atoms with van der Waals surface area (Å²) in [4.78, 5) is 19.0. The van der Waals surface area contributed by atoms with Gasteiger partial charge >= 0.3 is 0 Å². The molecule has 0 saturated carbocycles. The number of halogens is 2. The zero-order valence-corrected chi connectivity index (χ0v) is 18.3. The topological polar surface area (TPSA) is 56.7 Å². The fraction of sp³-hybridized carbons (Fsp3) is 0.300. The summed E-state index contributed by atoms with van der Waals surface area (Å²) in [5, 5.41) is 6.98. The van der Waals surface area contributed by atoms with Crippen LogP contribution in [0, 0.1) is 0 Å². The number of aliphatic imine (C=N–C) groups is 1. The standard InChI is InChI=1S/C20H23ClN4O.HI/c1-2-22-20(23-13-16-8-3-5-9-17(16)21)24-14-19(26)25-12-11-15-7-4-6-10-18(15)25;/h3-10H,2,11-14H2,1H3,(H2,22,23,24);1H. The van der Waals surface area contributed by atoms with E-state index in [2.05, 4.69) is 21.7 Å². The summed E-state index contributed by atoms with van der Waals surface area (Å²) in [6.45, 7) is 4.09. The van der Waals surface area contributed by atoms with E-state index in [-0.39, 0.29) is 36.4 Å². The maximum atomic E-state index is 12.6. The Morgan fingerprint density at radius 1 is 1.15 bits per heavy atom. The number of hydrogen-bond acceptors (Lipinski definition) is 2. The highest BCUT2D eigenvalue weighted by atomic mass is 127. The average molecular weight is 499 g/mol. The van der Waals surface area contributed by atoms with Gasteiger partial charge in [-0.1, -0.05) is 48.0 Å². The minimum atomic E-state index is 0. The molecule has 2 N–H and O–H groups in total. The van der Waals surface area contributed by atoms with Crippen LogP contribution < -0.4 is 15.5 Å². The SMILES string of the molecule is CCNC(=NCc1ccccc1Cl)NCC(=O)N1CCc2ccccc21.I. The highest BCUT2D eigenvalue weighted by Crippen LogP contribution is 2.27. The van der Waals surface area contributed by atoms with Crippen molar-refractivity contribution in [3.63, 3.8) is 0 Å². The molecule has 0 unspecified atom stereocenters. The normalized spacial score (nSPS) is 13.0. The predicted molar refractivity (Wildman–Crippen MR) is 122 cm³/mol. The van der Waals surface area contributed by atoms with E-state index in [0.29, 0.717) is 17.5 Å². The monoisotopic (exact) mass is 498 g/mol. The van der Waals surface area contributed by atoms with Gasteiger partial charge in [0, 0.05) is 23.8 Å². The molecule has 0 fully saturated rings. The molecule has 2 aromatic carbocycles. The van der Waals surface area contributed by atoms with Gasteiger partial charge in [0.1, 0.15) is 0 Å². The molecular formula is C20H24ClIN4O. The molecule has 27 heavy (non-hydrogen) atoms. The van der Waals surface area contributed by atoms with Gasteiger partial charge in [-0.25, -0.2) is 4.99 Å². The van der Waals surface area contributed by atoms with Gasteiger partial charge in [-0.3, -0.25) is 4.79 Å². The smallest absolute Gasteiger partial charge is 0.246 e. The van der Waals surface area contributed by atoms with Crippen LogP contribution in [-0.2, 0) is 17.8 Å². The fourth-order valence-corrected chi connectivity index (χ4v) is 3.18. The molecule has 0 saturated heterocycles. The average Bonchev–Trinajstić information content (AvgIpc) is 3.09. The van der Waals surface area contributed by atoms with Crippen LogP contribution in [0.1, 0.15) is 18.1 Å². The third-order valence-corrected chi connectivity index (χ3v) is 4.67. The first-order valence-corrected chi connectivity index (χ1v) is 9.20. The summed E-state index contributed by atoms with van der Waals surface area (Å²) < 4.78 is 0. The van der Waals surface area contributed by atoms with Gasteiger partial charge in [0.15, 0.2) is 5.96 Å². The number of carbonyl (C=O) groups is 1. The van der Waals surface area contributed by atoms with Crippen LogP contribution in [0.4, 0.5) is 5.69 Å². The van der Waals surface area contributed by atoms with Gasteiger partial charge in [0.05, 0.1) is 13.1 Å². The summed E-state index contributed by atoms with van der Waals surface area (Å²) >= 11 is 6.18. The number of hydrogen-bond donors (Lipinski definition) is 2. The van der Waals surface area contributed by atoms with E-state index in [1.165, 1.54) is 5.56 Å². The molecule has 144 valence electrons. The summed E-state index contributed by atoms with van der Waals surface area (Å²) in [6, 6.07) is 15.7. The van der Waals surface area contributed by atoms with E-state index < -0.39 is 0 Å². The molecule has 0 spiro atoms. The second kappa shape index (κ2) is 10.5. The Labute approximate surface area is 182 Å². The number of nitrogens with zero attached hydrogens (tertiary/aromatic N) is 2. The van der Waals surface area contributed by atoms with Crippen LogP contribution in [-0.4, -0.2) is 31.5 Å². The van der Waals surface area contributed by atoms with Gasteiger partial charge in [-0.15, -0.1) is 24.0 Å². The molecule has 3 rings (SSSR count). The highest BCUT2D eigenvalue weighted by molar-refractivity contribution is 14.0. The third kappa shape index (κ3) is 5.59. The van der Waals surface area contributed by atoms with Crippen molar-refractivity contribution in [2.75, 3.05) is 24.5 Å². The Kier molecular flexibility index (Phi) is 8.37. The number of guanidine groups is 1. The van der Waals surface area contributed by atoms with Crippen LogP contribution in [0.5, 0.6) is 0 Å². The van der Waals surface area contributed by atoms with Gasteiger partial charge in [-0.05, 0) is 36.6 Å². The van der Waals surface area contributed by atoms with Crippen LogP contribution in [0.2, 0.25) is 5.02 Å². The lowest BCUT2D eigenvalue weighted by Gasteiger charge is -2.18. The van der Waals surface area contributed by atoms with Crippen molar-refractivity contribution in [3.8, 4) is 0 Å². The highest BCUT2D eigenvalue weighted by Gasteiger charge is 2.23. The van der Waals surface area contributed by atoms with Crippen molar-refractivity contribution in [2.24, 2.45) is 4.99 Å². The van der Waals surface area contributed by atoms with E-state index in [0.717, 1.165) is 30.8 Å². The molecule has 5 nitrogen and oxygen atoms in total. The summed E-state index contributed by atoms with van der Waals surface area (Å²) in [6.07, 6.45) is 0.905. The number of anilines is 1. The lowest BCUT2D eigenvalue weighted by molar-refractivity contribution is -0.117. The molecule has 0 aromatic heterocycles. The Morgan fingerprint density at radius 3 is 2.67 bits per heavy atom. The summed E-state index contributed by atoms with van der Waals surface area (Å²) in [5.74, 6) is 0.645. The van der Waals surface area contributed by atoms with Crippen molar-refractivity contribution in [1.82, 2.24) is 10.6 Å². The number of fused-ring (bicyclic) bond motifs is 1. The van der Waals surface area contributed by atoms with Crippen molar-refractivity contribution in [1.29, 1.82) is 0 Å². The minimum absolute atomic E-state index is 0. The van der Waals surface area contributed by atoms with E-state index in [9.17, 15) is 4.79 Å². The van der Waals surface area contributed by atoms with Gasteiger partial charge in [-0.2, -0.15) is 0 Å². The van der Waals surface area contributed by atoms with E-state index >= 15 is 0 Å². The molecule has 0 atom stereocenters. The Morgan fingerprint density at radius 2 is 1.89 bits per heavy atom. The molecule has 1 aliphatic heterocycles. The van der Waals surface area contributed by atoms with Gasteiger partial charge in [0.2, 0.25) is 5.91 Å². The van der Waals surface area contributed by atoms with Gasteiger partial charge < -0.3 is 15.5 Å². The largest absolute Gasteiger partial charge is 0.357 e. The maximum absolute atomic E-state index is 12.6. The first-order valence-electron chi connectivity index (χ1n) is 8.83. The van der Waals surface area contributed by atoms with Crippen molar-refractivity contribution < 1.29 is 4.79 Å². The predicted octanol–water partition coefficient (Wildman–Crippen LogP) is 3.60. The molecule has 0 bridgehead atoms. The quantitative estimate of drug-likeness (QED) is 0.376. The van der Waals surface area contributed by atoms with Crippen molar-refractivity contribution >= 4 is 53.1 Å². The summed E-state index contributed by atoms with van der Waals surface area (Å²) in [7, 11) is 0. The molecule has 0 aliphatic carbocycles. The van der Waals surface area contributed by atoms with E-state index in [4.69, 9.17) is 11.6 Å². The number of benzene rings is 2. The second-order valence-corrected chi connectivity index (χ2v) is 6.47.